The Morgan fingerprint density at radius 2 is 1.75 bits per heavy atom. The van der Waals surface area contributed by atoms with Gasteiger partial charge in [0, 0.05) is 0 Å². The van der Waals surface area contributed by atoms with Crippen LogP contribution in [0, 0.1) is 0 Å². The van der Waals surface area contributed by atoms with E-state index in [4.69, 9.17) is 0 Å². The Bertz CT molecular complexity index is 167. The second kappa shape index (κ2) is 5.47. The van der Waals surface area contributed by atoms with Gasteiger partial charge >= 0.3 is 0 Å². The second-order valence-corrected chi connectivity index (χ2v) is 4.10. The molecule has 0 bridgehead atoms. The molecule has 0 heterocycles. The summed E-state index contributed by atoms with van der Waals surface area (Å²) >= 11 is 4.42. The van der Waals surface area contributed by atoms with Crippen LogP contribution < -0.4 is 0 Å². The summed E-state index contributed by atoms with van der Waals surface area (Å²) in [6.07, 6.45) is 12.0. The fourth-order valence-electron chi connectivity index (χ4n) is 1.49. The third-order valence-electron chi connectivity index (χ3n) is 2.29. The van der Waals surface area contributed by atoms with Crippen molar-refractivity contribution in [2.45, 2.75) is 45.4 Å². The lowest BCUT2D eigenvalue weighted by molar-refractivity contribution is 0.729. The maximum Gasteiger partial charge on any atom is -0.0224 e. The Balaban J connectivity index is 2.45. The van der Waals surface area contributed by atoms with Gasteiger partial charge in [0.05, 0.1) is 0 Å². The third-order valence-corrected chi connectivity index (χ3v) is 2.70. The maximum absolute atomic E-state index is 4.42. The summed E-state index contributed by atoms with van der Waals surface area (Å²) in [7, 11) is 0. The Hall–Kier alpha value is -0.170. The molecule has 0 unspecified atom stereocenters. The van der Waals surface area contributed by atoms with Crippen LogP contribution in [-0.2, 0) is 0 Å². The molecule has 68 valence electrons. The van der Waals surface area contributed by atoms with E-state index >= 15 is 0 Å². The molecular formula is C11H18S. The zero-order chi connectivity index (χ0) is 8.81. The molecule has 1 aliphatic carbocycles. The van der Waals surface area contributed by atoms with Gasteiger partial charge in [-0.05, 0) is 50.4 Å². The zero-order valence-corrected chi connectivity index (χ0v) is 8.74. The van der Waals surface area contributed by atoms with Crippen LogP contribution in [0.5, 0.6) is 0 Å². The fourth-order valence-corrected chi connectivity index (χ4v) is 1.78. The molecule has 0 nitrogen and oxygen atoms in total. The molecule has 0 saturated heterocycles. The molecular weight excluding hydrogens is 164 g/mol. The predicted octanol–water partition coefficient (Wildman–Crippen LogP) is 4.10. The zero-order valence-electron chi connectivity index (χ0n) is 7.84. The minimum absolute atomic E-state index is 1.16. The lowest BCUT2D eigenvalue weighted by Gasteiger charge is -2.05. The van der Waals surface area contributed by atoms with Crippen molar-refractivity contribution in [3.63, 3.8) is 0 Å². The van der Waals surface area contributed by atoms with E-state index in [-0.39, 0.29) is 0 Å². The van der Waals surface area contributed by atoms with Crippen LogP contribution in [0.25, 0.3) is 0 Å². The number of allylic oxidation sites excluding steroid dienone is 4. The molecule has 0 spiro atoms. The highest BCUT2D eigenvalue weighted by molar-refractivity contribution is 7.84. The molecule has 0 atom stereocenters. The molecule has 0 aliphatic heterocycles. The van der Waals surface area contributed by atoms with E-state index in [1.165, 1.54) is 37.0 Å². The molecule has 0 aromatic carbocycles. The van der Waals surface area contributed by atoms with Crippen molar-refractivity contribution in [2.24, 2.45) is 0 Å². The van der Waals surface area contributed by atoms with Crippen LogP contribution in [-0.4, -0.2) is 0 Å². The average molecular weight is 182 g/mol. The van der Waals surface area contributed by atoms with Crippen LogP contribution in [0.3, 0.4) is 0 Å². The highest BCUT2D eigenvalue weighted by Gasteiger charge is 1.96. The molecule has 0 radical (unpaired) electrons. The van der Waals surface area contributed by atoms with Gasteiger partial charge < -0.3 is 0 Å². The molecule has 12 heavy (non-hydrogen) atoms. The van der Waals surface area contributed by atoms with E-state index in [1.807, 2.05) is 0 Å². The summed E-state index contributed by atoms with van der Waals surface area (Å²) in [6, 6.07) is 0. The molecule has 0 amide bonds. The SMILES string of the molecule is C/C1=C/CC/C=C(\S)CCCC1. The Morgan fingerprint density at radius 1 is 1.08 bits per heavy atom. The van der Waals surface area contributed by atoms with Gasteiger partial charge in [-0.2, -0.15) is 0 Å². The van der Waals surface area contributed by atoms with Gasteiger partial charge in [-0.25, -0.2) is 0 Å². The van der Waals surface area contributed by atoms with E-state index in [2.05, 4.69) is 31.7 Å². The normalized spacial score (nSPS) is 29.8. The predicted molar refractivity (Wildman–Crippen MR) is 58.5 cm³/mol. The van der Waals surface area contributed by atoms with E-state index in [0.717, 1.165) is 6.42 Å². The highest BCUT2D eigenvalue weighted by Crippen LogP contribution is 2.18. The first-order valence-corrected chi connectivity index (χ1v) is 5.27. The minimum Gasteiger partial charge on any atom is -0.148 e. The summed E-state index contributed by atoms with van der Waals surface area (Å²) in [5, 5.41) is 0. The summed E-state index contributed by atoms with van der Waals surface area (Å²) in [4.78, 5) is 1.28. The Morgan fingerprint density at radius 3 is 2.58 bits per heavy atom. The van der Waals surface area contributed by atoms with Crippen molar-refractivity contribution >= 4 is 12.6 Å². The van der Waals surface area contributed by atoms with E-state index in [1.54, 1.807) is 5.57 Å². The van der Waals surface area contributed by atoms with E-state index in [9.17, 15) is 0 Å². The quantitative estimate of drug-likeness (QED) is 0.423. The maximum atomic E-state index is 4.42. The van der Waals surface area contributed by atoms with Crippen molar-refractivity contribution in [3.8, 4) is 0 Å². The number of thiol groups is 1. The van der Waals surface area contributed by atoms with Gasteiger partial charge in [-0.3, -0.25) is 0 Å². The average Bonchev–Trinajstić information content (AvgIpc) is 2.06. The van der Waals surface area contributed by atoms with Crippen molar-refractivity contribution in [2.75, 3.05) is 0 Å². The van der Waals surface area contributed by atoms with Crippen LogP contribution in [0.2, 0.25) is 0 Å². The topological polar surface area (TPSA) is 0 Å². The molecule has 0 saturated carbocycles. The standard InChI is InChI=1S/C11H18S/c1-10-6-2-4-8-11(12)9-5-3-7-10/h6,8,12H,2-5,7,9H2,1H3/b10-6-,11-8-. The largest absolute Gasteiger partial charge is 0.148 e. The number of hydrogen-bond donors (Lipinski definition) is 1. The highest BCUT2D eigenvalue weighted by atomic mass is 32.1. The first-order chi connectivity index (χ1) is 5.79. The molecule has 1 rings (SSSR count). The number of hydrogen-bond acceptors (Lipinski definition) is 1. The summed E-state index contributed by atoms with van der Waals surface area (Å²) < 4.78 is 0. The fraction of sp³-hybridized carbons (Fsp3) is 0.636. The van der Waals surface area contributed by atoms with Crippen molar-refractivity contribution in [3.05, 3.63) is 22.6 Å². The Kier molecular flexibility index (Phi) is 4.52. The summed E-state index contributed by atoms with van der Waals surface area (Å²) in [5.41, 5.74) is 1.56. The van der Waals surface area contributed by atoms with Crippen LogP contribution in [0.4, 0.5) is 0 Å². The van der Waals surface area contributed by atoms with Crippen LogP contribution >= 0.6 is 12.6 Å². The first kappa shape index (κ1) is 9.91. The molecule has 0 aromatic heterocycles. The van der Waals surface area contributed by atoms with E-state index < -0.39 is 0 Å². The van der Waals surface area contributed by atoms with Crippen molar-refractivity contribution in [1.82, 2.24) is 0 Å². The molecule has 0 N–H and O–H groups in total. The third kappa shape index (κ3) is 4.01. The van der Waals surface area contributed by atoms with Gasteiger partial charge in [-0.15, -0.1) is 12.6 Å². The van der Waals surface area contributed by atoms with Gasteiger partial charge in [0.15, 0.2) is 0 Å². The van der Waals surface area contributed by atoms with Crippen molar-refractivity contribution < 1.29 is 0 Å². The summed E-state index contributed by atoms with van der Waals surface area (Å²) in [6.45, 7) is 2.24. The lowest BCUT2D eigenvalue weighted by atomic mass is 10.0. The van der Waals surface area contributed by atoms with Crippen LogP contribution in [0.15, 0.2) is 22.6 Å². The number of rotatable bonds is 0. The molecule has 1 aliphatic rings. The molecule has 0 fully saturated rings. The molecule has 1 heteroatoms. The van der Waals surface area contributed by atoms with Gasteiger partial charge in [0.2, 0.25) is 0 Å². The summed E-state index contributed by atoms with van der Waals surface area (Å²) in [5.74, 6) is 0. The van der Waals surface area contributed by atoms with Gasteiger partial charge in [0.25, 0.3) is 0 Å². The second-order valence-electron chi connectivity index (χ2n) is 3.53. The first-order valence-electron chi connectivity index (χ1n) is 4.82. The van der Waals surface area contributed by atoms with Gasteiger partial charge in [0.1, 0.15) is 0 Å². The van der Waals surface area contributed by atoms with Crippen molar-refractivity contribution in [1.29, 1.82) is 0 Å². The molecule has 0 aromatic rings. The van der Waals surface area contributed by atoms with E-state index in [0.29, 0.717) is 0 Å². The minimum atomic E-state index is 1.16. The Labute approximate surface area is 81.2 Å². The monoisotopic (exact) mass is 182 g/mol. The smallest absolute Gasteiger partial charge is 0.0224 e. The lowest BCUT2D eigenvalue weighted by Crippen LogP contribution is -1.84. The van der Waals surface area contributed by atoms with Crippen LogP contribution in [0.1, 0.15) is 45.4 Å². The van der Waals surface area contributed by atoms with Gasteiger partial charge in [-0.1, -0.05) is 17.7 Å².